The molecule has 0 radical (unpaired) electrons. The van der Waals surface area contributed by atoms with E-state index in [0.29, 0.717) is 72.4 Å². The van der Waals surface area contributed by atoms with E-state index in [9.17, 15) is 4.79 Å². The number of methoxy groups -OCH3 is 3. The van der Waals surface area contributed by atoms with Gasteiger partial charge in [-0.25, -0.2) is 9.97 Å². The van der Waals surface area contributed by atoms with Crippen molar-refractivity contribution in [3.63, 3.8) is 0 Å². The summed E-state index contributed by atoms with van der Waals surface area (Å²) in [6.45, 7) is 3.50. The normalized spacial score (nSPS) is 10.9. The molecule has 198 valence electrons. The minimum absolute atomic E-state index is 0.295. The number of carbonyl (C=O) groups excluding carboxylic acids is 1. The Morgan fingerprint density at radius 3 is 2.38 bits per heavy atom. The molecule has 0 atom stereocenters. The first-order chi connectivity index (χ1) is 18.9. The van der Waals surface area contributed by atoms with Gasteiger partial charge in [0.1, 0.15) is 22.9 Å². The van der Waals surface area contributed by atoms with Crippen molar-refractivity contribution in [3.05, 3.63) is 71.6 Å². The largest absolute Gasteiger partial charge is 0.497 e. The van der Waals surface area contributed by atoms with Gasteiger partial charge >= 0.3 is 0 Å². The van der Waals surface area contributed by atoms with Crippen LogP contribution >= 0.6 is 23.2 Å². The number of amides is 1. The van der Waals surface area contributed by atoms with Gasteiger partial charge in [-0.2, -0.15) is 4.98 Å². The third-order valence-corrected chi connectivity index (χ3v) is 6.72. The van der Waals surface area contributed by atoms with Crippen molar-refractivity contribution < 1.29 is 19.0 Å². The molecule has 0 unspecified atom stereocenters. The molecule has 1 amide bonds. The second kappa shape index (κ2) is 10.7. The van der Waals surface area contributed by atoms with Gasteiger partial charge in [-0.15, -0.1) is 0 Å². The van der Waals surface area contributed by atoms with Crippen LogP contribution < -0.4 is 24.8 Å². The summed E-state index contributed by atoms with van der Waals surface area (Å²) in [5, 5.41) is 7.26. The summed E-state index contributed by atoms with van der Waals surface area (Å²) in [7, 11) is 4.58. The molecule has 3 aromatic heterocycles. The van der Waals surface area contributed by atoms with Crippen LogP contribution in [0.25, 0.3) is 27.8 Å². The number of carbonyl (C=O) groups is 1. The van der Waals surface area contributed by atoms with Crippen LogP contribution in [0.3, 0.4) is 0 Å². The standard InChI is InChI=1S/C27H22Cl2N6O4/c1-5-21(36)32-18-11-15(37-2)6-7-17(18)33-27-31-13-14-10-16(26-30-8-9-35(26)25(14)34-27)22-23(28)19(38-3)12-20(39-4)24(22)29/h5-13H,1H2,2-4H3,(H,32,36)(H,31,33,34). The fourth-order valence-electron chi connectivity index (χ4n) is 4.10. The Labute approximate surface area is 233 Å². The molecule has 0 saturated heterocycles. The highest BCUT2D eigenvalue weighted by Gasteiger charge is 2.22. The van der Waals surface area contributed by atoms with Crippen molar-refractivity contribution in [1.29, 1.82) is 0 Å². The zero-order valence-electron chi connectivity index (χ0n) is 21.1. The minimum atomic E-state index is -0.370. The molecule has 2 N–H and O–H groups in total. The molecule has 0 saturated carbocycles. The van der Waals surface area contributed by atoms with E-state index in [1.807, 2.05) is 10.5 Å². The average Bonchev–Trinajstić information content (AvgIpc) is 3.45. The number of halogens is 2. The molecule has 0 aliphatic heterocycles. The fourth-order valence-corrected chi connectivity index (χ4v) is 4.81. The molecule has 5 aromatic rings. The molecule has 0 spiro atoms. The number of imidazole rings is 1. The van der Waals surface area contributed by atoms with Gasteiger partial charge in [-0.3, -0.25) is 9.20 Å². The number of hydrogen-bond acceptors (Lipinski definition) is 8. The van der Waals surface area contributed by atoms with Gasteiger partial charge in [0.05, 0.1) is 42.7 Å². The minimum Gasteiger partial charge on any atom is -0.497 e. The third kappa shape index (κ3) is 4.75. The molecule has 2 aromatic carbocycles. The summed E-state index contributed by atoms with van der Waals surface area (Å²) in [6.07, 6.45) is 6.28. The fraction of sp³-hybridized carbons (Fsp3) is 0.111. The van der Waals surface area contributed by atoms with Gasteiger partial charge in [0.25, 0.3) is 0 Å². The van der Waals surface area contributed by atoms with E-state index in [4.69, 9.17) is 42.4 Å². The van der Waals surface area contributed by atoms with E-state index in [1.165, 1.54) is 20.3 Å². The van der Waals surface area contributed by atoms with Crippen molar-refractivity contribution in [2.24, 2.45) is 0 Å². The lowest BCUT2D eigenvalue weighted by Gasteiger charge is -2.16. The number of rotatable bonds is 8. The molecule has 0 aliphatic rings. The highest BCUT2D eigenvalue weighted by Crippen LogP contribution is 2.47. The number of pyridine rings is 1. The molecule has 10 nitrogen and oxygen atoms in total. The molecule has 0 aliphatic carbocycles. The summed E-state index contributed by atoms with van der Waals surface area (Å²) < 4.78 is 18.0. The number of anilines is 3. The monoisotopic (exact) mass is 564 g/mol. The van der Waals surface area contributed by atoms with Crippen LogP contribution in [0.4, 0.5) is 17.3 Å². The first-order valence-electron chi connectivity index (χ1n) is 11.5. The van der Waals surface area contributed by atoms with Crippen molar-refractivity contribution in [2.75, 3.05) is 32.0 Å². The zero-order valence-corrected chi connectivity index (χ0v) is 22.6. The van der Waals surface area contributed by atoms with E-state index < -0.39 is 0 Å². The Balaban J connectivity index is 1.63. The number of ether oxygens (including phenoxy) is 3. The van der Waals surface area contributed by atoms with E-state index in [0.717, 1.165) is 0 Å². The number of benzene rings is 2. The first-order valence-corrected chi connectivity index (χ1v) is 12.3. The molecule has 12 heteroatoms. The quantitative estimate of drug-likeness (QED) is 0.216. The third-order valence-electron chi connectivity index (χ3n) is 5.97. The number of nitrogens with one attached hydrogen (secondary N) is 2. The van der Waals surface area contributed by atoms with Crippen LogP contribution in [0.1, 0.15) is 0 Å². The average molecular weight is 565 g/mol. The van der Waals surface area contributed by atoms with Crippen molar-refractivity contribution in [3.8, 4) is 28.4 Å². The maximum Gasteiger partial charge on any atom is 0.247 e. The van der Waals surface area contributed by atoms with E-state index in [2.05, 4.69) is 27.2 Å². The summed E-state index contributed by atoms with van der Waals surface area (Å²) in [5.41, 5.74) is 3.34. The lowest BCUT2D eigenvalue weighted by molar-refractivity contribution is -0.111. The van der Waals surface area contributed by atoms with Crippen molar-refractivity contribution in [1.82, 2.24) is 19.4 Å². The molecular formula is C27H22Cl2N6O4. The summed E-state index contributed by atoms with van der Waals surface area (Å²) in [6, 6.07) is 8.67. The number of nitrogens with zero attached hydrogens (tertiary/aromatic N) is 4. The highest BCUT2D eigenvalue weighted by atomic mass is 35.5. The number of aromatic nitrogens is 4. The van der Waals surface area contributed by atoms with Crippen LogP contribution in [0.2, 0.25) is 10.0 Å². The zero-order chi connectivity index (χ0) is 27.7. The summed E-state index contributed by atoms with van der Waals surface area (Å²) >= 11 is 13.4. The predicted octanol–water partition coefficient (Wildman–Crippen LogP) is 6.15. The molecule has 5 rings (SSSR count). The Morgan fingerprint density at radius 2 is 1.72 bits per heavy atom. The maximum absolute atomic E-state index is 12.0. The Morgan fingerprint density at radius 1 is 0.974 bits per heavy atom. The smallest absolute Gasteiger partial charge is 0.247 e. The second-order valence-electron chi connectivity index (χ2n) is 8.17. The van der Waals surface area contributed by atoms with Gasteiger partial charge in [0.2, 0.25) is 11.9 Å². The Bertz CT molecular complexity index is 1730. The van der Waals surface area contributed by atoms with Gasteiger partial charge < -0.3 is 24.8 Å². The predicted molar refractivity (Wildman–Crippen MR) is 152 cm³/mol. The van der Waals surface area contributed by atoms with Crippen LogP contribution in [0.15, 0.2) is 61.6 Å². The Kier molecular flexibility index (Phi) is 7.14. The van der Waals surface area contributed by atoms with Gasteiger partial charge in [0, 0.05) is 47.2 Å². The van der Waals surface area contributed by atoms with Crippen molar-refractivity contribution in [2.45, 2.75) is 0 Å². The molecule has 3 heterocycles. The van der Waals surface area contributed by atoms with E-state index in [-0.39, 0.29) is 5.91 Å². The van der Waals surface area contributed by atoms with Gasteiger partial charge in [-0.1, -0.05) is 29.8 Å². The molecule has 39 heavy (non-hydrogen) atoms. The van der Waals surface area contributed by atoms with Crippen LogP contribution in [-0.2, 0) is 4.79 Å². The van der Waals surface area contributed by atoms with Crippen LogP contribution in [0.5, 0.6) is 17.2 Å². The number of hydrogen-bond donors (Lipinski definition) is 2. The van der Waals surface area contributed by atoms with Crippen LogP contribution in [-0.4, -0.2) is 46.6 Å². The first kappa shape index (κ1) is 26.1. The second-order valence-corrected chi connectivity index (χ2v) is 8.92. The Hall–Kier alpha value is -4.54. The van der Waals surface area contributed by atoms with Gasteiger partial charge in [-0.05, 0) is 24.3 Å². The summed E-state index contributed by atoms with van der Waals surface area (Å²) in [5.74, 6) is 1.31. The summed E-state index contributed by atoms with van der Waals surface area (Å²) in [4.78, 5) is 25.7. The lowest BCUT2D eigenvalue weighted by Crippen LogP contribution is -2.10. The lowest BCUT2D eigenvalue weighted by atomic mass is 10.0. The van der Waals surface area contributed by atoms with Crippen molar-refractivity contribution >= 4 is 63.1 Å². The SMILES string of the molecule is C=CC(=O)Nc1cc(OC)ccc1Nc1ncc2cc(-c3c(Cl)c(OC)cc(OC)c3Cl)c3nccn3c2n1. The van der Waals surface area contributed by atoms with E-state index in [1.54, 1.807) is 50.0 Å². The maximum atomic E-state index is 12.0. The van der Waals surface area contributed by atoms with Gasteiger partial charge in [0.15, 0.2) is 5.65 Å². The molecule has 0 fully saturated rings. The molecule has 0 bridgehead atoms. The topological polar surface area (TPSA) is 112 Å². The highest BCUT2D eigenvalue weighted by molar-refractivity contribution is 6.41. The van der Waals surface area contributed by atoms with Crippen LogP contribution in [0, 0.1) is 0 Å². The number of fused-ring (bicyclic) bond motifs is 3. The molecular weight excluding hydrogens is 543 g/mol. The van der Waals surface area contributed by atoms with E-state index >= 15 is 0 Å².